The van der Waals surface area contributed by atoms with Gasteiger partial charge in [0.1, 0.15) is 5.60 Å². The van der Waals surface area contributed by atoms with Gasteiger partial charge in [-0.3, -0.25) is 0 Å². The molecule has 1 fully saturated rings. The number of nitrogens with one attached hydrogen (secondary N) is 2. The van der Waals surface area contributed by atoms with E-state index in [-0.39, 0.29) is 16.2 Å². The average Bonchev–Trinajstić information content (AvgIpc) is 3.38. The first-order valence-electron chi connectivity index (χ1n) is 10.6. The summed E-state index contributed by atoms with van der Waals surface area (Å²) in [5.74, 6) is 0.00256. The summed E-state index contributed by atoms with van der Waals surface area (Å²) < 4.78 is 27.3. The maximum Gasteiger partial charge on any atom is 0.333 e. The minimum atomic E-state index is -4.21. The van der Waals surface area contributed by atoms with Crippen LogP contribution in [0, 0.1) is 11.3 Å². The number of nitrogens with zero attached hydrogens (tertiary/aromatic N) is 2. The van der Waals surface area contributed by atoms with Crippen molar-refractivity contribution in [2.75, 3.05) is 5.32 Å². The number of benzene rings is 1. The number of aromatic nitrogens is 1. The number of carbonyl (C=O) groups is 1. The monoisotopic (exact) mass is 476 g/mol. The highest BCUT2D eigenvalue weighted by atomic mass is 32.2. The van der Waals surface area contributed by atoms with Crippen molar-refractivity contribution in [1.29, 1.82) is 5.26 Å². The van der Waals surface area contributed by atoms with Crippen LogP contribution < -0.4 is 10.0 Å². The van der Waals surface area contributed by atoms with Gasteiger partial charge in [-0.05, 0) is 47.9 Å². The van der Waals surface area contributed by atoms with E-state index >= 15 is 0 Å². The molecule has 32 heavy (non-hydrogen) atoms. The summed E-state index contributed by atoms with van der Waals surface area (Å²) >= 11 is 0.878. The third-order valence-corrected chi connectivity index (χ3v) is 8.55. The molecule has 0 atom stereocenters. The van der Waals surface area contributed by atoms with Crippen LogP contribution in [0.3, 0.4) is 0 Å². The quantitative estimate of drug-likeness (QED) is 0.561. The Labute approximate surface area is 192 Å². The molecular formula is C22H28N4O4S2. The number of nitriles is 1. The highest BCUT2D eigenvalue weighted by molar-refractivity contribution is 7.92. The van der Waals surface area contributed by atoms with E-state index in [4.69, 9.17) is 0 Å². The van der Waals surface area contributed by atoms with E-state index in [0.29, 0.717) is 29.0 Å². The van der Waals surface area contributed by atoms with Crippen LogP contribution in [0.15, 0.2) is 22.7 Å². The number of carbonyl (C=O) groups excluding carboxylic acids is 1. The molecule has 2 amide bonds. The van der Waals surface area contributed by atoms with Crippen molar-refractivity contribution in [3.05, 3.63) is 39.9 Å². The van der Waals surface area contributed by atoms with Crippen molar-refractivity contribution in [2.45, 2.75) is 75.2 Å². The molecule has 1 aromatic heterocycles. The zero-order chi connectivity index (χ0) is 23.7. The molecule has 8 nitrogen and oxygen atoms in total. The average molecular weight is 477 g/mol. The number of sulfonamides is 1. The van der Waals surface area contributed by atoms with E-state index in [9.17, 15) is 23.6 Å². The molecule has 1 aliphatic rings. The summed E-state index contributed by atoms with van der Waals surface area (Å²) in [4.78, 5) is 17.1. The number of anilines is 1. The Bertz CT molecular complexity index is 1130. The standard InChI is InChI=1S/C22H28N4O4S2/c1-13(2)16-9-15(11-23)10-17(14(3)4)19(16)25-20(27)26-32(29,30)21-24-12-18(31-21)22(28)7-5-6-8-22/h9-10,12-14,28H,5-8H2,1-4H3,(H2,25,26,27). The fraction of sp³-hybridized carbons (Fsp3) is 0.500. The lowest BCUT2D eigenvalue weighted by molar-refractivity contribution is 0.0481. The normalized spacial score (nSPS) is 15.7. The Morgan fingerprint density at radius 3 is 2.25 bits per heavy atom. The van der Waals surface area contributed by atoms with Gasteiger partial charge < -0.3 is 10.4 Å². The number of hydrogen-bond donors (Lipinski definition) is 3. The molecule has 0 saturated heterocycles. The van der Waals surface area contributed by atoms with Crippen molar-refractivity contribution >= 4 is 33.1 Å². The molecule has 172 valence electrons. The van der Waals surface area contributed by atoms with Gasteiger partial charge in [0.15, 0.2) is 0 Å². The van der Waals surface area contributed by atoms with E-state index in [2.05, 4.69) is 16.4 Å². The van der Waals surface area contributed by atoms with Gasteiger partial charge in [0, 0.05) is 11.9 Å². The SMILES string of the molecule is CC(C)c1cc(C#N)cc(C(C)C)c1NC(=O)NS(=O)(=O)c1ncc(C2(O)CCCC2)s1. The Hall–Kier alpha value is -2.48. The Morgan fingerprint density at radius 2 is 1.75 bits per heavy atom. The third-order valence-electron chi connectivity index (χ3n) is 5.64. The molecule has 10 heteroatoms. The fourth-order valence-electron chi connectivity index (χ4n) is 3.92. The summed E-state index contributed by atoms with van der Waals surface area (Å²) in [6.07, 6.45) is 4.25. The fourth-order valence-corrected chi connectivity index (χ4v) is 6.12. The number of urea groups is 1. The number of hydrogen-bond acceptors (Lipinski definition) is 7. The van der Waals surface area contributed by atoms with E-state index in [1.54, 1.807) is 12.1 Å². The van der Waals surface area contributed by atoms with Crippen LogP contribution in [0.5, 0.6) is 0 Å². The second kappa shape index (κ2) is 9.17. The molecule has 3 N–H and O–H groups in total. The Morgan fingerprint density at radius 1 is 1.19 bits per heavy atom. The molecule has 0 aliphatic heterocycles. The zero-order valence-electron chi connectivity index (χ0n) is 18.6. The smallest absolute Gasteiger partial charge is 0.333 e. The molecule has 2 aromatic rings. The van der Waals surface area contributed by atoms with Gasteiger partial charge in [-0.2, -0.15) is 13.7 Å². The van der Waals surface area contributed by atoms with E-state index in [1.807, 2.05) is 32.4 Å². The number of rotatable bonds is 6. The lowest BCUT2D eigenvalue weighted by Gasteiger charge is -2.21. The van der Waals surface area contributed by atoms with Gasteiger partial charge >= 0.3 is 6.03 Å². The largest absolute Gasteiger partial charge is 0.384 e. The van der Waals surface area contributed by atoms with Crippen molar-refractivity contribution in [3.63, 3.8) is 0 Å². The molecule has 1 aliphatic carbocycles. The van der Waals surface area contributed by atoms with Crippen molar-refractivity contribution < 1.29 is 18.3 Å². The minimum absolute atomic E-state index is 0.00128. The van der Waals surface area contributed by atoms with Crippen LogP contribution in [-0.4, -0.2) is 24.5 Å². The summed E-state index contributed by atoms with van der Waals surface area (Å²) in [5.41, 5.74) is 1.44. The van der Waals surface area contributed by atoms with Crippen LogP contribution in [0.2, 0.25) is 0 Å². The lowest BCUT2D eigenvalue weighted by Crippen LogP contribution is -2.35. The highest BCUT2D eigenvalue weighted by Crippen LogP contribution is 2.41. The van der Waals surface area contributed by atoms with Crippen LogP contribution in [0.1, 0.15) is 86.8 Å². The molecule has 0 bridgehead atoms. The van der Waals surface area contributed by atoms with E-state index < -0.39 is 21.7 Å². The number of thiazole rings is 1. The Balaban J connectivity index is 1.85. The molecule has 0 unspecified atom stereocenters. The predicted octanol–water partition coefficient (Wildman–Crippen LogP) is 4.53. The molecule has 0 radical (unpaired) electrons. The predicted molar refractivity (Wildman–Crippen MR) is 123 cm³/mol. The maximum absolute atomic E-state index is 12.8. The second-order valence-corrected chi connectivity index (χ2v) is 11.6. The number of aliphatic hydroxyl groups is 1. The van der Waals surface area contributed by atoms with Gasteiger partial charge in [0.05, 0.1) is 16.5 Å². The van der Waals surface area contributed by atoms with Crippen molar-refractivity contribution in [3.8, 4) is 6.07 Å². The van der Waals surface area contributed by atoms with Crippen molar-refractivity contribution in [2.24, 2.45) is 0 Å². The van der Waals surface area contributed by atoms with Gasteiger partial charge in [-0.1, -0.05) is 40.5 Å². The maximum atomic E-state index is 12.8. The van der Waals surface area contributed by atoms with Crippen LogP contribution >= 0.6 is 11.3 Å². The zero-order valence-corrected chi connectivity index (χ0v) is 20.2. The first-order valence-corrected chi connectivity index (χ1v) is 12.9. The van der Waals surface area contributed by atoms with Gasteiger partial charge in [0.25, 0.3) is 10.0 Å². The molecule has 1 aromatic carbocycles. The van der Waals surface area contributed by atoms with Gasteiger partial charge in [0.2, 0.25) is 4.34 Å². The minimum Gasteiger partial charge on any atom is -0.384 e. The highest BCUT2D eigenvalue weighted by Gasteiger charge is 2.36. The molecule has 1 heterocycles. The van der Waals surface area contributed by atoms with E-state index in [1.165, 1.54) is 6.20 Å². The second-order valence-electron chi connectivity index (χ2n) is 8.74. The van der Waals surface area contributed by atoms with Gasteiger partial charge in [-0.25, -0.2) is 14.5 Å². The Kier molecular flexibility index (Phi) is 6.93. The third kappa shape index (κ3) is 4.95. The first-order chi connectivity index (χ1) is 15.0. The number of amides is 2. The molecule has 1 saturated carbocycles. The molecule has 3 rings (SSSR count). The summed E-state index contributed by atoms with van der Waals surface area (Å²) in [6, 6.07) is 4.64. The summed E-state index contributed by atoms with van der Waals surface area (Å²) in [6.45, 7) is 7.74. The van der Waals surface area contributed by atoms with E-state index in [0.717, 1.165) is 35.3 Å². The molecular weight excluding hydrogens is 448 g/mol. The topological polar surface area (TPSA) is 132 Å². The summed E-state index contributed by atoms with van der Waals surface area (Å²) in [7, 11) is -4.21. The first kappa shape index (κ1) is 24.2. The van der Waals surface area contributed by atoms with Crippen LogP contribution in [-0.2, 0) is 15.6 Å². The van der Waals surface area contributed by atoms with Crippen LogP contribution in [0.4, 0.5) is 10.5 Å². The van der Waals surface area contributed by atoms with Gasteiger partial charge in [-0.15, -0.1) is 11.3 Å². The van der Waals surface area contributed by atoms with Crippen molar-refractivity contribution in [1.82, 2.24) is 9.71 Å². The van der Waals surface area contributed by atoms with Crippen LogP contribution in [0.25, 0.3) is 0 Å². The molecule has 0 spiro atoms. The lowest BCUT2D eigenvalue weighted by atomic mass is 9.90. The summed E-state index contributed by atoms with van der Waals surface area (Å²) in [5, 5.41) is 22.7.